The Balaban J connectivity index is 0.000000873. The van der Waals surface area contributed by atoms with E-state index in [0.717, 1.165) is 16.8 Å². The van der Waals surface area contributed by atoms with Gasteiger partial charge in [0.2, 0.25) is 0 Å². The summed E-state index contributed by atoms with van der Waals surface area (Å²) in [6, 6.07) is 6.10. The van der Waals surface area contributed by atoms with Crippen LogP contribution in [0.25, 0.3) is 0 Å². The third kappa shape index (κ3) is 5.85. The van der Waals surface area contributed by atoms with Crippen LogP contribution in [0.4, 0.5) is 5.69 Å². The Morgan fingerprint density at radius 1 is 1.22 bits per heavy atom. The van der Waals surface area contributed by atoms with Crippen LogP contribution in [0.1, 0.15) is 59.1 Å². The molecule has 0 aliphatic rings. The molecule has 102 valence electrons. The maximum Gasteiger partial charge on any atom is 0.0438 e. The first-order valence-corrected chi connectivity index (χ1v) is 6.66. The fraction of sp³-hybridized carbons (Fsp3) is 0.562. The average Bonchev–Trinajstić information content (AvgIpc) is 2.15. The molecule has 0 fully saturated rings. The van der Waals surface area contributed by atoms with Crippen molar-refractivity contribution < 1.29 is 0 Å². The van der Waals surface area contributed by atoms with Crippen LogP contribution in [0, 0.1) is 12.3 Å². The number of anilines is 1. The highest BCUT2D eigenvalue weighted by atomic mass is 15.0. The monoisotopic (exact) mass is 248 g/mol. The van der Waals surface area contributed by atoms with Gasteiger partial charge in [-0.3, -0.25) is 0 Å². The van der Waals surface area contributed by atoms with Gasteiger partial charge in [0.15, 0.2) is 0 Å². The van der Waals surface area contributed by atoms with Crippen molar-refractivity contribution in [2.45, 2.75) is 60.4 Å². The molecule has 0 aliphatic carbocycles. The predicted octanol–water partition coefficient (Wildman–Crippen LogP) is 5.01. The van der Waals surface area contributed by atoms with Crippen LogP contribution < -0.4 is 5.32 Å². The Labute approximate surface area is 112 Å². The molecule has 0 heterocycles. The van der Waals surface area contributed by atoms with Gasteiger partial charge in [0.25, 0.3) is 0 Å². The second-order valence-electron chi connectivity index (χ2n) is 5.70. The van der Waals surface area contributed by atoms with E-state index in [1.807, 2.05) is 32.0 Å². The Kier molecular flexibility index (Phi) is 6.67. The molecular weight excluding hydrogens is 220 g/mol. The SMILES string of the molecule is CC(=N)c1c(C)cccc1NC(C)(C)C.CCC. The minimum Gasteiger partial charge on any atom is -0.380 e. The summed E-state index contributed by atoms with van der Waals surface area (Å²) >= 11 is 0. The number of aryl methyl sites for hydroxylation is 1. The molecule has 0 aliphatic heterocycles. The Morgan fingerprint density at radius 3 is 2.11 bits per heavy atom. The highest BCUT2D eigenvalue weighted by Gasteiger charge is 2.14. The van der Waals surface area contributed by atoms with Crippen LogP contribution in [-0.2, 0) is 0 Å². The maximum atomic E-state index is 7.78. The van der Waals surface area contributed by atoms with Crippen LogP contribution >= 0.6 is 0 Å². The molecule has 1 rings (SSSR count). The van der Waals surface area contributed by atoms with Crippen molar-refractivity contribution in [1.82, 2.24) is 0 Å². The van der Waals surface area contributed by atoms with Crippen molar-refractivity contribution in [3.63, 3.8) is 0 Å². The standard InChI is InChI=1S/C13H20N2.C3H8/c1-9-7-6-8-11(12(9)10(2)14)15-13(3,4)5;1-3-2/h6-8,14-15H,1-5H3;3H2,1-2H3. The van der Waals surface area contributed by atoms with Crippen molar-refractivity contribution in [3.05, 3.63) is 29.3 Å². The van der Waals surface area contributed by atoms with E-state index in [1.54, 1.807) is 0 Å². The summed E-state index contributed by atoms with van der Waals surface area (Å²) in [5.41, 5.74) is 3.86. The van der Waals surface area contributed by atoms with Gasteiger partial charge in [-0.2, -0.15) is 0 Å². The molecule has 0 saturated carbocycles. The first-order chi connectivity index (χ1) is 8.22. The number of hydrogen-bond donors (Lipinski definition) is 2. The summed E-state index contributed by atoms with van der Waals surface area (Å²) in [6.07, 6.45) is 1.25. The van der Waals surface area contributed by atoms with Gasteiger partial charge in [-0.1, -0.05) is 32.4 Å². The lowest BCUT2D eigenvalue weighted by molar-refractivity contribution is 0.634. The van der Waals surface area contributed by atoms with Crippen LogP contribution in [0.3, 0.4) is 0 Å². The number of rotatable bonds is 2. The van der Waals surface area contributed by atoms with E-state index in [-0.39, 0.29) is 5.54 Å². The van der Waals surface area contributed by atoms with Crippen molar-refractivity contribution in [2.75, 3.05) is 5.32 Å². The minimum atomic E-state index is 0.0258. The fourth-order valence-corrected chi connectivity index (χ4v) is 1.67. The summed E-state index contributed by atoms with van der Waals surface area (Å²) in [4.78, 5) is 0. The van der Waals surface area contributed by atoms with Gasteiger partial charge in [0.1, 0.15) is 0 Å². The molecule has 2 N–H and O–H groups in total. The Hall–Kier alpha value is -1.31. The molecule has 0 bridgehead atoms. The maximum absolute atomic E-state index is 7.78. The van der Waals surface area contributed by atoms with Crippen LogP contribution in [0.5, 0.6) is 0 Å². The third-order valence-corrected chi connectivity index (χ3v) is 2.16. The smallest absolute Gasteiger partial charge is 0.0438 e. The highest BCUT2D eigenvalue weighted by molar-refractivity contribution is 6.02. The zero-order valence-corrected chi connectivity index (χ0v) is 12.9. The van der Waals surface area contributed by atoms with E-state index < -0.39 is 0 Å². The summed E-state index contributed by atoms with van der Waals surface area (Å²) in [5, 5.41) is 11.2. The lowest BCUT2D eigenvalue weighted by Crippen LogP contribution is -2.27. The lowest BCUT2D eigenvalue weighted by atomic mass is 10.0. The quantitative estimate of drug-likeness (QED) is 0.709. The molecule has 2 heteroatoms. The molecule has 0 aromatic heterocycles. The van der Waals surface area contributed by atoms with Gasteiger partial charge in [0, 0.05) is 22.5 Å². The lowest BCUT2D eigenvalue weighted by Gasteiger charge is -2.24. The zero-order valence-electron chi connectivity index (χ0n) is 12.9. The third-order valence-electron chi connectivity index (χ3n) is 2.16. The van der Waals surface area contributed by atoms with Crippen molar-refractivity contribution >= 4 is 11.4 Å². The minimum absolute atomic E-state index is 0.0258. The van der Waals surface area contributed by atoms with Gasteiger partial charge in [-0.05, 0) is 46.2 Å². The summed E-state index contributed by atoms with van der Waals surface area (Å²) in [6.45, 7) is 14.5. The highest BCUT2D eigenvalue weighted by Crippen LogP contribution is 2.23. The molecule has 0 unspecified atom stereocenters. The fourth-order valence-electron chi connectivity index (χ4n) is 1.67. The number of nitrogens with one attached hydrogen (secondary N) is 2. The Bertz CT molecular complexity index is 387. The molecule has 0 saturated heterocycles. The Morgan fingerprint density at radius 2 is 1.72 bits per heavy atom. The second kappa shape index (κ2) is 7.20. The van der Waals surface area contributed by atoms with Gasteiger partial charge in [-0.15, -0.1) is 0 Å². The zero-order chi connectivity index (χ0) is 14.3. The molecule has 1 aromatic carbocycles. The van der Waals surface area contributed by atoms with E-state index in [4.69, 9.17) is 5.41 Å². The summed E-state index contributed by atoms with van der Waals surface area (Å²) in [7, 11) is 0. The molecule has 2 nitrogen and oxygen atoms in total. The number of benzene rings is 1. The molecule has 0 spiro atoms. The molecule has 0 atom stereocenters. The van der Waals surface area contributed by atoms with Crippen molar-refractivity contribution in [2.24, 2.45) is 0 Å². The van der Waals surface area contributed by atoms with Crippen molar-refractivity contribution in [3.8, 4) is 0 Å². The summed E-state index contributed by atoms with van der Waals surface area (Å²) < 4.78 is 0. The molecule has 18 heavy (non-hydrogen) atoms. The molecular formula is C16H28N2. The van der Waals surface area contributed by atoms with Crippen LogP contribution in [0.2, 0.25) is 0 Å². The van der Waals surface area contributed by atoms with Gasteiger partial charge >= 0.3 is 0 Å². The first kappa shape index (κ1) is 16.7. The summed E-state index contributed by atoms with van der Waals surface area (Å²) in [5.74, 6) is 0. The van der Waals surface area contributed by atoms with E-state index in [2.05, 4.69) is 39.9 Å². The molecule has 1 aromatic rings. The van der Waals surface area contributed by atoms with E-state index in [1.165, 1.54) is 6.42 Å². The second-order valence-corrected chi connectivity index (χ2v) is 5.70. The van der Waals surface area contributed by atoms with E-state index in [0.29, 0.717) is 5.71 Å². The molecule has 0 amide bonds. The van der Waals surface area contributed by atoms with Gasteiger partial charge < -0.3 is 10.7 Å². The average molecular weight is 248 g/mol. The van der Waals surface area contributed by atoms with Gasteiger partial charge in [-0.25, -0.2) is 0 Å². The van der Waals surface area contributed by atoms with E-state index >= 15 is 0 Å². The van der Waals surface area contributed by atoms with Gasteiger partial charge in [0.05, 0.1) is 0 Å². The van der Waals surface area contributed by atoms with Crippen LogP contribution in [-0.4, -0.2) is 11.3 Å². The largest absolute Gasteiger partial charge is 0.380 e. The molecule has 0 radical (unpaired) electrons. The first-order valence-electron chi connectivity index (χ1n) is 6.66. The van der Waals surface area contributed by atoms with E-state index in [9.17, 15) is 0 Å². The van der Waals surface area contributed by atoms with Crippen molar-refractivity contribution in [1.29, 1.82) is 5.41 Å². The predicted molar refractivity (Wildman–Crippen MR) is 83.0 cm³/mol. The normalized spacial score (nSPS) is 10.4. The number of hydrogen-bond acceptors (Lipinski definition) is 2. The topological polar surface area (TPSA) is 35.9 Å². The van der Waals surface area contributed by atoms with Crippen LogP contribution in [0.15, 0.2) is 18.2 Å².